The highest BCUT2D eigenvalue weighted by Gasteiger charge is 2.03. The molecule has 0 saturated heterocycles. The molecule has 105 valence electrons. The smallest absolute Gasteiger partial charge is 0.120 e. The summed E-state index contributed by atoms with van der Waals surface area (Å²) in [7, 11) is 0. The maximum absolute atomic E-state index is 5.73. The summed E-state index contributed by atoms with van der Waals surface area (Å²) >= 11 is 0. The van der Waals surface area contributed by atoms with Gasteiger partial charge in [0.15, 0.2) is 0 Å². The molecular formula is C18H21O2. The van der Waals surface area contributed by atoms with Gasteiger partial charge in [0.25, 0.3) is 0 Å². The standard InChI is InChI=1S/C18H21O2/c1-3-7-15(2)20-18-12-10-17(11-13-18)19-14-16-8-5-4-6-9-16/h4-6,8-13,15H,2-3,7,14H2,1H3. The molecule has 0 saturated carbocycles. The van der Waals surface area contributed by atoms with Gasteiger partial charge in [-0.05, 0) is 43.2 Å². The minimum atomic E-state index is 0.0103. The lowest BCUT2D eigenvalue weighted by molar-refractivity contribution is 0.234. The second-order valence-electron chi connectivity index (χ2n) is 4.77. The van der Waals surface area contributed by atoms with Gasteiger partial charge >= 0.3 is 0 Å². The van der Waals surface area contributed by atoms with Gasteiger partial charge in [-0.25, -0.2) is 0 Å². The molecule has 0 amide bonds. The first kappa shape index (κ1) is 14.4. The van der Waals surface area contributed by atoms with Crippen LogP contribution in [0.25, 0.3) is 0 Å². The van der Waals surface area contributed by atoms with Crippen LogP contribution in [-0.4, -0.2) is 6.10 Å². The molecule has 0 aliphatic heterocycles. The van der Waals surface area contributed by atoms with Gasteiger partial charge in [0, 0.05) is 0 Å². The molecule has 0 spiro atoms. The van der Waals surface area contributed by atoms with Crippen molar-refractivity contribution in [3.63, 3.8) is 0 Å². The molecule has 2 aromatic rings. The molecule has 1 radical (unpaired) electrons. The van der Waals surface area contributed by atoms with E-state index in [0.29, 0.717) is 6.61 Å². The molecule has 0 aliphatic rings. The van der Waals surface area contributed by atoms with Crippen LogP contribution >= 0.6 is 0 Å². The zero-order valence-electron chi connectivity index (χ0n) is 11.9. The summed E-state index contributed by atoms with van der Waals surface area (Å²) in [6, 6.07) is 17.8. The van der Waals surface area contributed by atoms with Crippen LogP contribution in [0.1, 0.15) is 25.3 Å². The summed E-state index contributed by atoms with van der Waals surface area (Å²) in [5.41, 5.74) is 1.16. The van der Waals surface area contributed by atoms with Gasteiger partial charge < -0.3 is 9.47 Å². The molecule has 0 heterocycles. The van der Waals surface area contributed by atoms with E-state index in [1.807, 2.05) is 42.5 Å². The SMILES string of the molecule is [CH2]C(CCC)Oc1ccc(OCc2ccccc2)cc1. The van der Waals surface area contributed by atoms with Gasteiger partial charge in [-0.15, -0.1) is 0 Å². The van der Waals surface area contributed by atoms with Crippen LogP contribution in [0.5, 0.6) is 11.5 Å². The molecular weight excluding hydrogens is 248 g/mol. The molecule has 0 aliphatic carbocycles. The van der Waals surface area contributed by atoms with Crippen LogP contribution in [0.2, 0.25) is 0 Å². The summed E-state index contributed by atoms with van der Waals surface area (Å²) in [5, 5.41) is 0. The van der Waals surface area contributed by atoms with Crippen molar-refractivity contribution >= 4 is 0 Å². The van der Waals surface area contributed by atoms with Crippen LogP contribution in [0.4, 0.5) is 0 Å². The third-order valence-electron chi connectivity index (χ3n) is 2.99. The Bertz CT molecular complexity index is 491. The Morgan fingerprint density at radius 1 is 0.950 bits per heavy atom. The molecule has 2 rings (SSSR count). The van der Waals surface area contributed by atoms with Gasteiger partial charge in [0.1, 0.15) is 18.1 Å². The number of hydrogen-bond donors (Lipinski definition) is 0. The molecule has 20 heavy (non-hydrogen) atoms. The summed E-state index contributed by atoms with van der Waals surface area (Å²) in [4.78, 5) is 0. The van der Waals surface area contributed by atoms with Crippen LogP contribution in [0.15, 0.2) is 54.6 Å². The molecule has 2 heteroatoms. The summed E-state index contributed by atoms with van der Waals surface area (Å²) in [6.07, 6.45) is 2.05. The Labute approximate surface area is 121 Å². The molecule has 0 bridgehead atoms. The molecule has 0 aromatic heterocycles. The predicted molar refractivity (Wildman–Crippen MR) is 81.9 cm³/mol. The van der Waals surface area contributed by atoms with Crippen molar-refractivity contribution in [2.24, 2.45) is 0 Å². The summed E-state index contributed by atoms with van der Waals surface area (Å²) in [5.74, 6) is 1.68. The second-order valence-corrected chi connectivity index (χ2v) is 4.77. The van der Waals surface area contributed by atoms with Crippen molar-refractivity contribution in [1.82, 2.24) is 0 Å². The number of benzene rings is 2. The van der Waals surface area contributed by atoms with Crippen LogP contribution < -0.4 is 9.47 Å². The fourth-order valence-corrected chi connectivity index (χ4v) is 1.93. The van der Waals surface area contributed by atoms with Crippen LogP contribution in [0, 0.1) is 6.92 Å². The molecule has 2 nitrogen and oxygen atoms in total. The monoisotopic (exact) mass is 269 g/mol. The van der Waals surface area contributed by atoms with Gasteiger partial charge in [0.2, 0.25) is 0 Å². The minimum absolute atomic E-state index is 0.0103. The lowest BCUT2D eigenvalue weighted by atomic mass is 10.2. The van der Waals surface area contributed by atoms with E-state index in [-0.39, 0.29) is 6.10 Å². The fraction of sp³-hybridized carbons (Fsp3) is 0.278. The zero-order chi connectivity index (χ0) is 14.2. The highest BCUT2D eigenvalue weighted by molar-refractivity contribution is 5.31. The Kier molecular flexibility index (Phi) is 5.48. The van der Waals surface area contributed by atoms with Crippen molar-refractivity contribution in [2.75, 3.05) is 0 Å². The topological polar surface area (TPSA) is 18.5 Å². The van der Waals surface area contributed by atoms with E-state index in [0.717, 1.165) is 29.9 Å². The highest BCUT2D eigenvalue weighted by atomic mass is 16.5. The lowest BCUT2D eigenvalue weighted by Crippen LogP contribution is -2.11. The molecule has 1 unspecified atom stereocenters. The Balaban J connectivity index is 1.85. The maximum Gasteiger partial charge on any atom is 0.120 e. The van der Waals surface area contributed by atoms with Crippen molar-refractivity contribution in [3.8, 4) is 11.5 Å². The van der Waals surface area contributed by atoms with Crippen LogP contribution in [0.3, 0.4) is 0 Å². The predicted octanol–water partition coefficient (Wildman–Crippen LogP) is 4.65. The third-order valence-corrected chi connectivity index (χ3v) is 2.99. The normalized spacial score (nSPS) is 11.9. The van der Waals surface area contributed by atoms with Gasteiger partial charge in [0.05, 0.1) is 6.10 Å². The summed E-state index contributed by atoms with van der Waals surface area (Å²) < 4.78 is 11.4. The minimum Gasteiger partial charge on any atom is -0.490 e. The van der Waals surface area contributed by atoms with E-state index >= 15 is 0 Å². The lowest BCUT2D eigenvalue weighted by Gasteiger charge is -2.14. The Hall–Kier alpha value is -1.96. The maximum atomic E-state index is 5.73. The fourth-order valence-electron chi connectivity index (χ4n) is 1.93. The van der Waals surface area contributed by atoms with E-state index in [2.05, 4.69) is 26.0 Å². The van der Waals surface area contributed by atoms with E-state index in [9.17, 15) is 0 Å². The number of rotatable bonds is 7. The molecule has 1 atom stereocenters. The first-order valence-electron chi connectivity index (χ1n) is 7.04. The van der Waals surface area contributed by atoms with Crippen LogP contribution in [-0.2, 0) is 6.61 Å². The second kappa shape index (κ2) is 7.59. The molecule has 2 aromatic carbocycles. The number of ether oxygens (including phenoxy) is 2. The quantitative estimate of drug-likeness (QED) is 0.728. The first-order chi connectivity index (χ1) is 9.78. The van der Waals surface area contributed by atoms with E-state index in [1.54, 1.807) is 0 Å². The average molecular weight is 269 g/mol. The van der Waals surface area contributed by atoms with Crippen molar-refractivity contribution < 1.29 is 9.47 Å². The van der Waals surface area contributed by atoms with Crippen molar-refractivity contribution in [2.45, 2.75) is 32.5 Å². The largest absolute Gasteiger partial charge is 0.490 e. The summed E-state index contributed by atoms with van der Waals surface area (Å²) in [6.45, 7) is 6.67. The Morgan fingerprint density at radius 3 is 2.25 bits per heavy atom. The van der Waals surface area contributed by atoms with E-state index < -0.39 is 0 Å². The van der Waals surface area contributed by atoms with E-state index in [4.69, 9.17) is 9.47 Å². The van der Waals surface area contributed by atoms with Crippen molar-refractivity contribution in [1.29, 1.82) is 0 Å². The third kappa shape index (κ3) is 4.61. The zero-order valence-corrected chi connectivity index (χ0v) is 11.9. The number of hydrogen-bond acceptors (Lipinski definition) is 2. The van der Waals surface area contributed by atoms with Gasteiger partial charge in [-0.3, -0.25) is 0 Å². The highest BCUT2D eigenvalue weighted by Crippen LogP contribution is 2.20. The van der Waals surface area contributed by atoms with E-state index in [1.165, 1.54) is 0 Å². The average Bonchev–Trinajstić information content (AvgIpc) is 2.48. The molecule has 0 N–H and O–H groups in total. The Morgan fingerprint density at radius 2 is 1.60 bits per heavy atom. The van der Waals surface area contributed by atoms with Gasteiger partial charge in [-0.1, -0.05) is 43.7 Å². The van der Waals surface area contributed by atoms with Gasteiger partial charge in [-0.2, -0.15) is 0 Å². The first-order valence-corrected chi connectivity index (χ1v) is 7.04. The molecule has 0 fully saturated rings. The van der Waals surface area contributed by atoms with Crippen molar-refractivity contribution in [3.05, 3.63) is 67.1 Å².